The van der Waals surface area contributed by atoms with E-state index in [-0.39, 0.29) is 11.9 Å². The van der Waals surface area contributed by atoms with Crippen LogP contribution in [0.1, 0.15) is 45.4 Å². The zero-order chi connectivity index (χ0) is 14.8. The Morgan fingerprint density at radius 2 is 1.60 bits per heavy atom. The highest BCUT2D eigenvalue weighted by Crippen LogP contribution is 2.32. The van der Waals surface area contributed by atoms with Gasteiger partial charge in [0.15, 0.2) is 0 Å². The normalized spacial score (nSPS) is 23.1. The molecule has 0 unspecified atom stereocenters. The van der Waals surface area contributed by atoms with Gasteiger partial charge >= 0.3 is 11.9 Å². The highest BCUT2D eigenvalue weighted by Gasteiger charge is 2.19. The molecule has 0 aromatic heterocycles. The summed E-state index contributed by atoms with van der Waals surface area (Å²) in [7, 11) is 1.39. The van der Waals surface area contributed by atoms with E-state index in [1.165, 1.54) is 52.1 Å². The van der Waals surface area contributed by atoms with Crippen molar-refractivity contribution in [3.05, 3.63) is 24.5 Å². The van der Waals surface area contributed by atoms with E-state index in [1.807, 2.05) is 12.2 Å². The lowest BCUT2D eigenvalue weighted by atomic mass is 9.79. The maximum Gasteiger partial charge on any atom is 0.330 e. The minimum Gasteiger partial charge on any atom is -0.466 e. The van der Waals surface area contributed by atoms with Crippen molar-refractivity contribution in [1.29, 1.82) is 0 Å². The lowest BCUT2D eigenvalue weighted by Gasteiger charge is -2.27. The molecule has 0 atom stereocenters. The first-order valence-electron chi connectivity index (χ1n) is 7.18. The van der Waals surface area contributed by atoms with E-state index in [0.717, 1.165) is 12.8 Å². The van der Waals surface area contributed by atoms with E-state index in [2.05, 4.69) is 4.74 Å². The maximum absolute atomic E-state index is 10.9. The molecule has 0 saturated heterocycles. The topological polar surface area (TPSA) is 52.6 Å². The molecular formula is C16H24O4. The predicted octanol–water partition coefficient (Wildman–Crippen LogP) is 3.38. The number of esters is 2. The minimum absolute atomic E-state index is 0.276. The van der Waals surface area contributed by atoms with Gasteiger partial charge in [0, 0.05) is 13.0 Å². The fourth-order valence-electron chi connectivity index (χ4n) is 2.52. The van der Waals surface area contributed by atoms with Gasteiger partial charge in [-0.3, -0.25) is 4.79 Å². The van der Waals surface area contributed by atoms with Crippen molar-refractivity contribution in [3.63, 3.8) is 0 Å². The van der Waals surface area contributed by atoms with Crippen LogP contribution in [0.5, 0.6) is 0 Å². The van der Waals surface area contributed by atoms with E-state index < -0.39 is 0 Å². The number of hydrogen-bond donors (Lipinski definition) is 0. The van der Waals surface area contributed by atoms with Crippen molar-refractivity contribution in [2.75, 3.05) is 7.11 Å². The van der Waals surface area contributed by atoms with Crippen LogP contribution in [0, 0.1) is 11.8 Å². The van der Waals surface area contributed by atoms with Gasteiger partial charge in [0.1, 0.15) is 0 Å². The molecule has 0 amide bonds. The summed E-state index contributed by atoms with van der Waals surface area (Å²) < 4.78 is 9.33. The number of carbonyl (C=O) groups is 2. The first-order valence-corrected chi connectivity index (χ1v) is 7.18. The minimum atomic E-state index is -0.283. The van der Waals surface area contributed by atoms with Crippen molar-refractivity contribution in [3.8, 4) is 0 Å². The Kier molecular flexibility index (Phi) is 7.70. The summed E-state index contributed by atoms with van der Waals surface area (Å²) in [4.78, 5) is 21.5. The van der Waals surface area contributed by atoms with E-state index in [9.17, 15) is 9.59 Å². The summed E-state index contributed by atoms with van der Waals surface area (Å²) in [5.74, 6) is 0.795. The third kappa shape index (κ3) is 7.12. The quantitative estimate of drug-likeness (QED) is 0.425. The zero-order valence-electron chi connectivity index (χ0n) is 12.3. The molecule has 0 aromatic carbocycles. The van der Waals surface area contributed by atoms with Crippen LogP contribution in [0.4, 0.5) is 0 Å². The molecule has 1 fully saturated rings. The fourth-order valence-corrected chi connectivity index (χ4v) is 2.52. The molecule has 1 aliphatic rings. The highest BCUT2D eigenvalue weighted by molar-refractivity contribution is 5.81. The van der Waals surface area contributed by atoms with Crippen LogP contribution in [0.2, 0.25) is 0 Å². The maximum atomic E-state index is 10.9. The predicted molar refractivity (Wildman–Crippen MR) is 76.7 cm³/mol. The van der Waals surface area contributed by atoms with Crippen LogP contribution in [0.25, 0.3) is 0 Å². The van der Waals surface area contributed by atoms with Crippen LogP contribution in [0.3, 0.4) is 0 Å². The number of ether oxygens (including phenoxy) is 2. The second-order valence-electron chi connectivity index (χ2n) is 5.26. The second kappa shape index (κ2) is 9.34. The van der Waals surface area contributed by atoms with Crippen molar-refractivity contribution >= 4 is 11.9 Å². The summed E-state index contributed by atoms with van der Waals surface area (Å²) in [6.45, 7) is 1.40. The average molecular weight is 280 g/mol. The molecule has 0 aliphatic heterocycles. The first kappa shape index (κ1) is 16.5. The fraction of sp³-hybridized carbons (Fsp3) is 0.625. The molecule has 0 spiro atoms. The molecule has 0 N–H and O–H groups in total. The number of carbonyl (C=O) groups excluding carboxylic acids is 2. The second-order valence-corrected chi connectivity index (χ2v) is 5.26. The van der Waals surface area contributed by atoms with Gasteiger partial charge in [-0.15, -0.1) is 0 Å². The van der Waals surface area contributed by atoms with Gasteiger partial charge in [-0.25, -0.2) is 4.79 Å². The number of rotatable bonds is 6. The summed E-state index contributed by atoms with van der Waals surface area (Å²) in [5.41, 5.74) is 0. The third-order valence-electron chi connectivity index (χ3n) is 3.69. The largest absolute Gasteiger partial charge is 0.466 e. The van der Waals surface area contributed by atoms with Gasteiger partial charge in [0.2, 0.25) is 0 Å². The Hall–Kier alpha value is -1.58. The number of allylic oxidation sites excluding steroid dienone is 2. The van der Waals surface area contributed by atoms with Gasteiger partial charge in [-0.05, 0) is 56.4 Å². The molecule has 0 aromatic rings. The van der Waals surface area contributed by atoms with Crippen LogP contribution in [-0.2, 0) is 19.1 Å². The third-order valence-corrected chi connectivity index (χ3v) is 3.69. The Morgan fingerprint density at radius 1 is 1.05 bits per heavy atom. The van der Waals surface area contributed by atoms with Gasteiger partial charge in [0.05, 0.1) is 13.4 Å². The summed E-state index contributed by atoms with van der Waals surface area (Å²) in [6.07, 6.45) is 13.5. The van der Waals surface area contributed by atoms with Gasteiger partial charge in [-0.2, -0.15) is 0 Å². The van der Waals surface area contributed by atoms with Crippen LogP contribution < -0.4 is 0 Å². The summed E-state index contributed by atoms with van der Waals surface area (Å²) in [6, 6.07) is 0. The SMILES string of the molecule is COC(=O)/C=C/CC1CCC(C/C=C/OC(C)=O)CC1. The molecule has 0 radical (unpaired) electrons. The Balaban J connectivity index is 2.16. The van der Waals surface area contributed by atoms with Crippen LogP contribution in [-0.4, -0.2) is 19.0 Å². The van der Waals surface area contributed by atoms with Gasteiger partial charge in [0.25, 0.3) is 0 Å². The molecule has 1 rings (SSSR count). The monoisotopic (exact) mass is 280 g/mol. The van der Waals surface area contributed by atoms with Crippen molar-refractivity contribution in [2.45, 2.75) is 45.4 Å². The lowest BCUT2D eigenvalue weighted by molar-refractivity contribution is -0.136. The molecule has 4 heteroatoms. The molecule has 112 valence electrons. The van der Waals surface area contributed by atoms with E-state index in [0.29, 0.717) is 11.8 Å². The van der Waals surface area contributed by atoms with Crippen molar-refractivity contribution < 1.29 is 19.1 Å². The molecular weight excluding hydrogens is 256 g/mol. The van der Waals surface area contributed by atoms with E-state index in [4.69, 9.17) is 4.74 Å². The first-order chi connectivity index (χ1) is 9.61. The molecule has 1 aliphatic carbocycles. The van der Waals surface area contributed by atoms with Gasteiger partial charge < -0.3 is 9.47 Å². The summed E-state index contributed by atoms with van der Waals surface area (Å²) >= 11 is 0. The smallest absolute Gasteiger partial charge is 0.330 e. The Bertz CT molecular complexity index is 363. The average Bonchev–Trinajstić information content (AvgIpc) is 2.44. The van der Waals surface area contributed by atoms with Crippen molar-refractivity contribution in [2.24, 2.45) is 11.8 Å². The molecule has 0 bridgehead atoms. The van der Waals surface area contributed by atoms with E-state index >= 15 is 0 Å². The Morgan fingerprint density at radius 3 is 2.10 bits per heavy atom. The molecule has 0 heterocycles. The van der Waals surface area contributed by atoms with E-state index in [1.54, 1.807) is 0 Å². The number of hydrogen-bond acceptors (Lipinski definition) is 4. The van der Waals surface area contributed by atoms with Crippen molar-refractivity contribution in [1.82, 2.24) is 0 Å². The highest BCUT2D eigenvalue weighted by atomic mass is 16.5. The number of methoxy groups -OCH3 is 1. The standard InChI is InChI=1S/C16H24O4/c1-13(17)20-12-4-6-15-10-8-14(9-11-15)5-3-7-16(18)19-2/h3-4,7,12,14-15H,5-6,8-11H2,1-2H3/b7-3+,12-4+. The van der Waals surface area contributed by atoms with Gasteiger partial charge in [-0.1, -0.05) is 6.08 Å². The molecule has 1 saturated carbocycles. The zero-order valence-corrected chi connectivity index (χ0v) is 12.3. The van der Waals surface area contributed by atoms with Crippen LogP contribution >= 0.6 is 0 Å². The molecule has 20 heavy (non-hydrogen) atoms. The van der Waals surface area contributed by atoms with Crippen LogP contribution in [0.15, 0.2) is 24.5 Å². The summed E-state index contributed by atoms with van der Waals surface area (Å²) in [5, 5.41) is 0. The Labute approximate surface area is 120 Å². The lowest BCUT2D eigenvalue weighted by Crippen LogP contribution is -2.13. The molecule has 4 nitrogen and oxygen atoms in total.